The van der Waals surface area contributed by atoms with Crippen LogP contribution < -0.4 is 10.6 Å². The van der Waals surface area contributed by atoms with Crippen LogP contribution in [0.2, 0.25) is 0 Å². The quantitative estimate of drug-likeness (QED) is 0.830. The van der Waals surface area contributed by atoms with Crippen molar-refractivity contribution in [3.05, 3.63) is 35.1 Å². The highest BCUT2D eigenvalue weighted by Gasteiger charge is 2.32. The molecule has 1 saturated carbocycles. The fraction of sp³-hybridized carbons (Fsp3) is 0.385. The van der Waals surface area contributed by atoms with Gasteiger partial charge in [0.1, 0.15) is 5.82 Å². The summed E-state index contributed by atoms with van der Waals surface area (Å²) in [5, 5.41) is 5.77. The molecule has 2 aliphatic rings. The Bertz CT molecular complexity index is 537. The Morgan fingerprint density at radius 3 is 2.94 bits per heavy atom. The number of aliphatic imine (C=N–C) groups is 1. The minimum Gasteiger partial charge on any atom is -0.353 e. The molecule has 5 heteroatoms. The normalized spacial score (nSPS) is 22.7. The summed E-state index contributed by atoms with van der Waals surface area (Å²) in [6, 6.07) is 4.36. The molecule has 1 atom stereocenters. The van der Waals surface area contributed by atoms with Crippen molar-refractivity contribution < 1.29 is 9.18 Å². The molecule has 2 N–H and O–H groups in total. The van der Waals surface area contributed by atoms with Gasteiger partial charge in [-0.3, -0.25) is 10.1 Å². The molecule has 1 aliphatic heterocycles. The van der Waals surface area contributed by atoms with Crippen LogP contribution in [-0.2, 0) is 4.79 Å². The van der Waals surface area contributed by atoms with Gasteiger partial charge in [0.25, 0.3) is 5.91 Å². The fourth-order valence-electron chi connectivity index (χ4n) is 1.98. The Morgan fingerprint density at radius 1 is 1.44 bits per heavy atom. The molecule has 1 amide bonds. The van der Waals surface area contributed by atoms with Gasteiger partial charge in [0.2, 0.25) is 0 Å². The van der Waals surface area contributed by atoms with Crippen molar-refractivity contribution in [1.82, 2.24) is 10.6 Å². The summed E-state index contributed by atoms with van der Waals surface area (Å²) in [5.41, 5.74) is 1.25. The minimum atomic E-state index is -0.772. The number of nitrogens with zero attached hydrogens (tertiary/aromatic N) is 1. The summed E-state index contributed by atoms with van der Waals surface area (Å²) in [6.07, 6.45) is 2.19. The summed E-state index contributed by atoms with van der Waals surface area (Å²) < 4.78 is 13.7. The minimum absolute atomic E-state index is 0.275. The first-order valence-corrected chi connectivity index (χ1v) is 6.05. The Kier molecular flexibility index (Phi) is 2.54. The SMILES string of the molecule is Cc1ccc(F)c(C2N=C(NC3CC3)NC2=O)c1. The van der Waals surface area contributed by atoms with Crippen LogP contribution in [0, 0.1) is 12.7 Å². The van der Waals surface area contributed by atoms with E-state index in [4.69, 9.17) is 0 Å². The molecule has 18 heavy (non-hydrogen) atoms. The third-order valence-corrected chi connectivity index (χ3v) is 3.11. The van der Waals surface area contributed by atoms with Crippen molar-refractivity contribution in [2.24, 2.45) is 4.99 Å². The molecule has 1 aliphatic carbocycles. The van der Waals surface area contributed by atoms with Crippen LogP contribution in [0.25, 0.3) is 0 Å². The predicted octanol–water partition coefficient (Wildman–Crippen LogP) is 1.41. The number of rotatable bonds is 2. The van der Waals surface area contributed by atoms with Gasteiger partial charge >= 0.3 is 0 Å². The Labute approximate surface area is 104 Å². The molecule has 94 valence electrons. The Hall–Kier alpha value is -1.91. The number of hydrogen-bond donors (Lipinski definition) is 2. The van der Waals surface area contributed by atoms with Gasteiger partial charge in [-0.1, -0.05) is 17.7 Å². The third kappa shape index (κ3) is 2.08. The topological polar surface area (TPSA) is 53.5 Å². The number of carbonyl (C=O) groups excluding carboxylic acids is 1. The molecule has 0 aromatic heterocycles. The first-order chi connectivity index (χ1) is 8.63. The van der Waals surface area contributed by atoms with Gasteiger partial charge in [0.15, 0.2) is 12.0 Å². The second kappa shape index (κ2) is 4.08. The number of hydrogen-bond acceptors (Lipinski definition) is 3. The molecule has 1 aromatic rings. The summed E-state index contributed by atoms with van der Waals surface area (Å²) >= 11 is 0. The molecule has 3 rings (SSSR count). The third-order valence-electron chi connectivity index (χ3n) is 3.11. The summed E-state index contributed by atoms with van der Waals surface area (Å²) in [4.78, 5) is 16.0. The zero-order valence-corrected chi connectivity index (χ0v) is 10.0. The summed E-state index contributed by atoms with van der Waals surface area (Å²) in [6.45, 7) is 1.86. The molecular formula is C13H14FN3O. The maximum absolute atomic E-state index is 13.7. The predicted molar refractivity (Wildman–Crippen MR) is 65.6 cm³/mol. The lowest BCUT2D eigenvalue weighted by molar-refractivity contribution is -0.120. The molecule has 0 saturated heterocycles. The molecule has 1 heterocycles. The van der Waals surface area contributed by atoms with E-state index in [1.165, 1.54) is 6.07 Å². The highest BCUT2D eigenvalue weighted by molar-refractivity contribution is 6.05. The zero-order valence-electron chi connectivity index (χ0n) is 10.0. The second-order valence-electron chi connectivity index (χ2n) is 4.81. The molecule has 0 radical (unpaired) electrons. The number of nitrogens with one attached hydrogen (secondary N) is 2. The number of aryl methyl sites for hydroxylation is 1. The number of carbonyl (C=O) groups is 1. The monoisotopic (exact) mass is 247 g/mol. The number of amides is 1. The summed E-state index contributed by atoms with van der Waals surface area (Å²) in [5.74, 6) is -0.201. The van der Waals surface area contributed by atoms with Gasteiger partial charge in [-0.05, 0) is 25.8 Å². The van der Waals surface area contributed by atoms with E-state index < -0.39 is 11.9 Å². The molecule has 1 unspecified atom stereocenters. The van der Waals surface area contributed by atoms with Gasteiger partial charge in [-0.2, -0.15) is 0 Å². The smallest absolute Gasteiger partial charge is 0.256 e. The lowest BCUT2D eigenvalue weighted by atomic mass is 10.0. The molecule has 1 aromatic carbocycles. The molecule has 0 spiro atoms. The van der Waals surface area contributed by atoms with Gasteiger partial charge < -0.3 is 5.32 Å². The van der Waals surface area contributed by atoms with E-state index in [-0.39, 0.29) is 5.91 Å². The Balaban J connectivity index is 1.88. The first-order valence-electron chi connectivity index (χ1n) is 6.05. The van der Waals surface area contributed by atoms with Crippen molar-refractivity contribution in [2.45, 2.75) is 31.8 Å². The summed E-state index contributed by atoms with van der Waals surface area (Å²) in [7, 11) is 0. The van der Waals surface area contributed by atoms with Crippen LogP contribution in [-0.4, -0.2) is 17.9 Å². The number of benzene rings is 1. The Morgan fingerprint density at radius 2 is 2.22 bits per heavy atom. The highest BCUT2D eigenvalue weighted by atomic mass is 19.1. The van der Waals surface area contributed by atoms with Crippen LogP contribution in [0.3, 0.4) is 0 Å². The van der Waals surface area contributed by atoms with Crippen molar-refractivity contribution in [3.63, 3.8) is 0 Å². The average Bonchev–Trinajstić information content (AvgIpc) is 3.06. The van der Waals surface area contributed by atoms with E-state index in [2.05, 4.69) is 15.6 Å². The molecule has 4 nitrogen and oxygen atoms in total. The molecule has 1 fully saturated rings. The number of guanidine groups is 1. The second-order valence-corrected chi connectivity index (χ2v) is 4.81. The maximum Gasteiger partial charge on any atom is 0.256 e. The van der Waals surface area contributed by atoms with E-state index in [9.17, 15) is 9.18 Å². The lowest BCUT2D eigenvalue weighted by Crippen LogP contribution is -2.37. The van der Waals surface area contributed by atoms with Crippen molar-refractivity contribution in [3.8, 4) is 0 Å². The largest absolute Gasteiger partial charge is 0.353 e. The van der Waals surface area contributed by atoms with E-state index >= 15 is 0 Å². The van der Waals surface area contributed by atoms with Crippen LogP contribution in [0.5, 0.6) is 0 Å². The van der Waals surface area contributed by atoms with Gasteiger partial charge in [0, 0.05) is 11.6 Å². The zero-order chi connectivity index (χ0) is 12.7. The number of halogens is 1. The van der Waals surface area contributed by atoms with Gasteiger partial charge in [-0.25, -0.2) is 9.38 Å². The highest BCUT2D eigenvalue weighted by Crippen LogP contribution is 2.26. The van der Waals surface area contributed by atoms with Crippen LogP contribution in [0.15, 0.2) is 23.2 Å². The fourth-order valence-corrected chi connectivity index (χ4v) is 1.98. The lowest BCUT2D eigenvalue weighted by Gasteiger charge is -2.07. The average molecular weight is 247 g/mol. The van der Waals surface area contributed by atoms with Crippen LogP contribution in [0.4, 0.5) is 4.39 Å². The van der Waals surface area contributed by atoms with E-state index in [1.807, 2.05) is 6.92 Å². The van der Waals surface area contributed by atoms with Crippen LogP contribution in [0.1, 0.15) is 30.0 Å². The standard InChI is InChI=1S/C13H14FN3O/c1-7-2-5-10(14)9(6-7)11-12(18)17-13(16-11)15-8-3-4-8/h2,5-6,8,11H,3-4H2,1H3,(H2,15,16,17,18). The van der Waals surface area contributed by atoms with Gasteiger partial charge in [-0.15, -0.1) is 0 Å². The molecule has 0 bridgehead atoms. The van der Waals surface area contributed by atoms with E-state index in [0.29, 0.717) is 17.6 Å². The van der Waals surface area contributed by atoms with Crippen molar-refractivity contribution in [1.29, 1.82) is 0 Å². The van der Waals surface area contributed by atoms with E-state index in [1.54, 1.807) is 12.1 Å². The first kappa shape index (κ1) is 11.2. The molecular weight excluding hydrogens is 233 g/mol. The maximum atomic E-state index is 13.7. The van der Waals surface area contributed by atoms with Crippen LogP contribution >= 0.6 is 0 Å². The van der Waals surface area contributed by atoms with E-state index in [0.717, 1.165) is 18.4 Å². The van der Waals surface area contributed by atoms with Crippen molar-refractivity contribution >= 4 is 11.9 Å². The van der Waals surface area contributed by atoms with Crippen molar-refractivity contribution in [2.75, 3.05) is 0 Å². The van der Waals surface area contributed by atoms with Gasteiger partial charge in [0.05, 0.1) is 0 Å².